The van der Waals surface area contributed by atoms with Crippen molar-refractivity contribution in [3.8, 4) is 0 Å². The van der Waals surface area contributed by atoms with Gasteiger partial charge in [-0.25, -0.2) is 4.39 Å². The minimum Gasteiger partial charge on any atom is -0.351 e. The molecule has 0 unspecified atom stereocenters. The highest BCUT2D eigenvalue weighted by Crippen LogP contribution is 2.18. The standard InChI is InChI=1S/C23H18BrFN2O3/c24-20-10-9-17(25)14-19(20)23(30)26-12-11-21(28)27-18-8-4-7-16(13-18)22(29)15-5-2-1-3-6-15/h1-10,13-14H,11-12H2,(H,26,30)(H,27,28). The first-order valence-corrected chi connectivity index (χ1v) is 9.96. The average molecular weight is 469 g/mol. The molecule has 7 heteroatoms. The van der Waals surface area contributed by atoms with E-state index in [0.717, 1.165) is 6.07 Å². The molecule has 0 radical (unpaired) electrons. The van der Waals surface area contributed by atoms with Crippen LogP contribution in [0.4, 0.5) is 10.1 Å². The molecule has 0 bridgehead atoms. The summed E-state index contributed by atoms with van der Waals surface area (Å²) in [6, 6.07) is 19.3. The van der Waals surface area contributed by atoms with E-state index in [-0.39, 0.29) is 30.2 Å². The van der Waals surface area contributed by atoms with Crippen molar-refractivity contribution in [1.82, 2.24) is 5.32 Å². The van der Waals surface area contributed by atoms with Gasteiger partial charge in [-0.3, -0.25) is 14.4 Å². The molecule has 0 aliphatic heterocycles. The fraction of sp³-hybridized carbons (Fsp3) is 0.0870. The number of amides is 2. The molecule has 5 nitrogen and oxygen atoms in total. The molecule has 2 N–H and O–H groups in total. The van der Waals surface area contributed by atoms with Crippen molar-refractivity contribution in [2.24, 2.45) is 0 Å². The van der Waals surface area contributed by atoms with Gasteiger partial charge in [-0.2, -0.15) is 0 Å². The molecule has 0 heterocycles. The summed E-state index contributed by atoms with van der Waals surface area (Å²) in [7, 11) is 0. The minimum absolute atomic E-state index is 0.0233. The zero-order valence-electron chi connectivity index (χ0n) is 15.8. The molecule has 0 saturated carbocycles. The number of carbonyl (C=O) groups is 3. The average Bonchev–Trinajstić information content (AvgIpc) is 2.75. The minimum atomic E-state index is -0.522. The molecule has 0 aliphatic rings. The van der Waals surface area contributed by atoms with Crippen LogP contribution in [-0.4, -0.2) is 24.1 Å². The van der Waals surface area contributed by atoms with E-state index in [0.29, 0.717) is 21.3 Å². The number of carbonyl (C=O) groups excluding carboxylic acids is 3. The maximum Gasteiger partial charge on any atom is 0.252 e. The number of hydrogen-bond acceptors (Lipinski definition) is 3. The Kier molecular flexibility index (Phi) is 7.08. The van der Waals surface area contributed by atoms with E-state index in [4.69, 9.17) is 0 Å². The van der Waals surface area contributed by atoms with E-state index in [9.17, 15) is 18.8 Å². The summed E-state index contributed by atoms with van der Waals surface area (Å²) in [6.45, 7) is 0.0796. The van der Waals surface area contributed by atoms with Gasteiger partial charge in [-0.05, 0) is 46.3 Å². The molecule has 0 fully saturated rings. The number of halogens is 2. The molecule has 0 atom stereocenters. The van der Waals surface area contributed by atoms with Crippen LogP contribution in [-0.2, 0) is 4.79 Å². The molecule has 2 amide bonds. The van der Waals surface area contributed by atoms with E-state index < -0.39 is 11.7 Å². The fourth-order valence-corrected chi connectivity index (χ4v) is 3.20. The van der Waals surface area contributed by atoms with Gasteiger partial charge in [0, 0.05) is 34.3 Å². The summed E-state index contributed by atoms with van der Waals surface area (Å²) in [4.78, 5) is 36.8. The molecule has 0 saturated heterocycles. The zero-order valence-corrected chi connectivity index (χ0v) is 17.4. The Bertz CT molecular complexity index is 1090. The summed E-state index contributed by atoms with van der Waals surface area (Å²) in [5.41, 5.74) is 1.67. The van der Waals surface area contributed by atoms with Gasteiger partial charge >= 0.3 is 0 Å². The third-order valence-electron chi connectivity index (χ3n) is 4.26. The molecule has 3 rings (SSSR count). The van der Waals surface area contributed by atoms with Crippen LogP contribution in [0.2, 0.25) is 0 Å². The van der Waals surface area contributed by atoms with Crippen LogP contribution >= 0.6 is 15.9 Å². The highest BCUT2D eigenvalue weighted by Gasteiger charge is 2.13. The van der Waals surface area contributed by atoms with Gasteiger partial charge in [0.2, 0.25) is 5.91 Å². The molecule has 3 aromatic carbocycles. The lowest BCUT2D eigenvalue weighted by atomic mass is 10.0. The van der Waals surface area contributed by atoms with E-state index >= 15 is 0 Å². The second-order valence-corrected chi connectivity index (χ2v) is 7.31. The second-order valence-electron chi connectivity index (χ2n) is 6.45. The molecular weight excluding hydrogens is 451 g/mol. The number of rotatable bonds is 7. The van der Waals surface area contributed by atoms with Gasteiger partial charge in [0.1, 0.15) is 5.82 Å². The number of anilines is 1. The normalized spacial score (nSPS) is 10.3. The summed E-state index contributed by atoms with van der Waals surface area (Å²) < 4.78 is 13.8. The van der Waals surface area contributed by atoms with Crippen LogP contribution in [0.5, 0.6) is 0 Å². The van der Waals surface area contributed by atoms with Crippen LogP contribution in [0.15, 0.2) is 77.3 Å². The van der Waals surface area contributed by atoms with Crippen LogP contribution in [0.1, 0.15) is 32.7 Å². The summed E-state index contributed by atoms with van der Waals surface area (Å²) in [5, 5.41) is 5.30. The number of benzene rings is 3. The van der Waals surface area contributed by atoms with Gasteiger partial charge in [-0.15, -0.1) is 0 Å². The first-order chi connectivity index (χ1) is 14.4. The molecule has 152 valence electrons. The quantitative estimate of drug-likeness (QED) is 0.498. The molecule has 0 aromatic heterocycles. The van der Waals surface area contributed by atoms with Crippen molar-refractivity contribution < 1.29 is 18.8 Å². The van der Waals surface area contributed by atoms with Crippen molar-refractivity contribution in [1.29, 1.82) is 0 Å². The first-order valence-electron chi connectivity index (χ1n) is 9.17. The summed E-state index contributed by atoms with van der Waals surface area (Å²) in [6.07, 6.45) is 0.0233. The Morgan fingerprint density at radius 3 is 2.37 bits per heavy atom. The molecular formula is C23H18BrFN2O3. The summed E-state index contributed by atoms with van der Waals surface area (Å²) >= 11 is 3.20. The highest BCUT2D eigenvalue weighted by molar-refractivity contribution is 9.10. The molecule has 0 aliphatic carbocycles. The maximum atomic E-state index is 13.3. The van der Waals surface area contributed by atoms with E-state index in [1.165, 1.54) is 12.1 Å². The third kappa shape index (κ3) is 5.61. The lowest BCUT2D eigenvalue weighted by Crippen LogP contribution is -2.28. The fourth-order valence-electron chi connectivity index (χ4n) is 2.77. The number of ketones is 1. The van der Waals surface area contributed by atoms with E-state index in [2.05, 4.69) is 26.6 Å². The summed E-state index contributed by atoms with van der Waals surface area (Å²) in [5.74, 6) is -1.46. The monoisotopic (exact) mass is 468 g/mol. The van der Waals surface area contributed by atoms with Crippen LogP contribution in [0.25, 0.3) is 0 Å². The van der Waals surface area contributed by atoms with Crippen LogP contribution in [0.3, 0.4) is 0 Å². The Balaban J connectivity index is 1.54. The third-order valence-corrected chi connectivity index (χ3v) is 4.95. The van der Waals surface area contributed by atoms with Gasteiger partial charge in [0.15, 0.2) is 5.78 Å². The predicted octanol–water partition coefficient (Wildman–Crippen LogP) is 4.58. The van der Waals surface area contributed by atoms with Gasteiger partial charge in [-0.1, -0.05) is 42.5 Å². The van der Waals surface area contributed by atoms with Gasteiger partial charge in [0.05, 0.1) is 5.56 Å². The maximum absolute atomic E-state index is 13.3. The van der Waals surface area contributed by atoms with Gasteiger partial charge in [0.25, 0.3) is 5.91 Å². The topological polar surface area (TPSA) is 75.3 Å². The van der Waals surface area contributed by atoms with Crippen molar-refractivity contribution in [2.75, 3.05) is 11.9 Å². The van der Waals surface area contributed by atoms with Crippen molar-refractivity contribution in [2.45, 2.75) is 6.42 Å². The lowest BCUT2D eigenvalue weighted by Gasteiger charge is -2.09. The SMILES string of the molecule is O=C(CCNC(=O)c1cc(F)ccc1Br)Nc1cccc(C(=O)c2ccccc2)c1. The highest BCUT2D eigenvalue weighted by atomic mass is 79.9. The first kappa shape index (κ1) is 21.4. The largest absolute Gasteiger partial charge is 0.351 e. The smallest absolute Gasteiger partial charge is 0.252 e. The Morgan fingerprint density at radius 1 is 0.867 bits per heavy atom. The van der Waals surface area contributed by atoms with E-state index in [1.54, 1.807) is 48.5 Å². The zero-order chi connectivity index (χ0) is 21.5. The molecule has 3 aromatic rings. The lowest BCUT2D eigenvalue weighted by molar-refractivity contribution is -0.116. The van der Waals surface area contributed by atoms with Gasteiger partial charge < -0.3 is 10.6 Å². The Labute approximate surface area is 181 Å². The predicted molar refractivity (Wildman–Crippen MR) is 116 cm³/mol. The Hall–Kier alpha value is -3.32. The Morgan fingerprint density at radius 2 is 1.60 bits per heavy atom. The van der Waals surface area contributed by atoms with Crippen LogP contribution < -0.4 is 10.6 Å². The van der Waals surface area contributed by atoms with Crippen molar-refractivity contribution >= 4 is 39.2 Å². The molecule has 30 heavy (non-hydrogen) atoms. The van der Waals surface area contributed by atoms with Crippen molar-refractivity contribution in [3.05, 3.63) is 99.8 Å². The second kappa shape index (κ2) is 9.93. The van der Waals surface area contributed by atoms with E-state index in [1.807, 2.05) is 6.07 Å². The van der Waals surface area contributed by atoms with Crippen LogP contribution in [0, 0.1) is 5.82 Å². The number of hydrogen-bond donors (Lipinski definition) is 2. The molecule has 0 spiro atoms. The number of nitrogens with one attached hydrogen (secondary N) is 2. The van der Waals surface area contributed by atoms with Crippen molar-refractivity contribution in [3.63, 3.8) is 0 Å².